The van der Waals surface area contributed by atoms with Crippen LogP contribution < -0.4 is 10.5 Å². The molecule has 0 saturated carbocycles. The van der Waals surface area contributed by atoms with Gasteiger partial charge in [-0.1, -0.05) is 12.1 Å². The Kier molecular flexibility index (Phi) is 3.98. The minimum atomic E-state index is -4.75. The number of anilines is 1. The van der Waals surface area contributed by atoms with Crippen LogP contribution >= 0.6 is 0 Å². The van der Waals surface area contributed by atoms with Gasteiger partial charge in [0.15, 0.2) is 0 Å². The Bertz CT molecular complexity index is 693. The van der Waals surface area contributed by atoms with E-state index < -0.39 is 6.36 Å². The minimum Gasteiger partial charge on any atom is -0.406 e. The van der Waals surface area contributed by atoms with Gasteiger partial charge in [0.1, 0.15) is 5.75 Å². The third-order valence-corrected chi connectivity index (χ3v) is 2.66. The zero-order valence-electron chi connectivity index (χ0n) is 10.7. The van der Waals surface area contributed by atoms with Crippen molar-refractivity contribution in [1.82, 2.24) is 4.98 Å². The van der Waals surface area contributed by atoms with E-state index in [4.69, 9.17) is 11.0 Å². The smallest absolute Gasteiger partial charge is 0.406 e. The third-order valence-electron chi connectivity index (χ3n) is 2.66. The van der Waals surface area contributed by atoms with Crippen LogP contribution in [0.1, 0.15) is 5.56 Å². The molecule has 108 valence electrons. The Morgan fingerprint density at radius 3 is 2.71 bits per heavy atom. The topological polar surface area (TPSA) is 71.9 Å². The van der Waals surface area contributed by atoms with Crippen LogP contribution in [-0.2, 0) is 6.42 Å². The molecule has 1 aromatic heterocycles. The predicted octanol–water partition coefficient (Wildman–Crippen LogP) is 3.30. The van der Waals surface area contributed by atoms with E-state index in [1.165, 1.54) is 24.4 Å². The fourth-order valence-electron chi connectivity index (χ4n) is 1.76. The summed E-state index contributed by atoms with van der Waals surface area (Å²) in [4.78, 5) is 4.06. The van der Waals surface area contributed by atoms with Gasteiger partial charge in [0, 0.05) is 5.56 Å². The standard InChI is InChI=1S/C14H10F3N3O/c15-14(16,17)21-11-3-1-2-10(6-11)13-7-9(4-5-18)12(19)8-20-13/h1-3,6-8H,4,19H2. The summed E-state index contributed by atoms with van der Waals surface area (Å²) >= 11 is 0. The molecule has 0 aliphatic rings. The van der Waals surface area contributed by atoms with Crippen molar-refractivity contribution in [2.24, 2.45) is 0 Å². The Balaban J connectivity index is 2.36. The molecule has 0 unspecified atom stereocenters. The normalized spacial score (nSPS) is 11.0. The lowest BCUT2D eigenvalue weighted by molar-refractivity contribution is -0.274. The first kappa shape index (κ1) is 14.7. The molecule has 1 heterocycles. The molecular formula is C14H10F3N3O. The number of hydrogen-bond donors (Lipinski definition) is 1. The molecule has 0 aliphatic carbocycles. The Labute approximate surface area is 118 Å². The van der Waals surface area contributed by atoms with Gasteiger partial charge in [-0.25, -0.2) is 0 Å². The molecule has 0 radical (unpaired) electrons. The number of alkyl halides is 3. The van der Waals surface area contributed by atoms with E-state index in [2.05, 4.69) is 9.72 Å². The lowest BCUT2D eigenvalue weighted by Gasteiger charge is -2.10. The number of hydrogen-bond acceptors (Lipinski definition) is 4. The van der Waals surface area contributed by atoms with Crippen molar-refractivity contribution in [3.8, 4) is 23.1 Å². The molecule has 0 fully saturated rings. The van der Waals surface area contributed by atoms with Crippen LogP contribution in [0.5, 0.6) is 5.75 Å². The number of nitriles is 1. The summed E-state index contributed by atoms with van der Waals surface area (Å²) in [6, 6.07) is 8.99. The van der Waals surface area contributed by atoms with Crippen LogP contribution in [0.4, 0.5) is 18.9 Å². The Morgan fingerprint density at radius 2 is 2.05 bits per heavy atom. The van der Waals surface area contributed by atoms with Gasteiger partial charge in [-0.3, -0.25) is 4.98 Å². The zero-order chi connectivity index (χ0) is 15.5. The van der Waals surface area contributed by atoms with Crippen LogP contribution in [0, 0.1) is 11.3 Å². The molecule has 2 aromatic rings. The second-order valence-corrected chi connectivity index (χ2v) is 4.18. The van der Waals surface area contributed by atoms with Crippen LogP contribution in [0.2, 0.25) is 0 Å². The van der Waals surface area contributed by atoms with Crippen LogP contribution in [-0.4, -0.2) is 11.3 Å². The summed E-state index contributed by atoms with van der Waals surface area (Å²) in [5.74, 6) is -0.333. The molecule has 0 aliphatic heterocycles. The highest BCUT2D eigenvalue weighted by molar-refractivity contribution is 5.64. The van der Waals surface area contributed by atoms with Crippen molar-refractivity contribution in [2.75, 3.05) is 5.73 Å². The van der Waals surface area contributed by atoms with Gasteiger partial charge in [-0.2, -0.15) is 5.26 Å². The lowest BCUT2D eigenvalue weighted by Crippen LogP contribution is -2.17. The number of rotatable bonds is 3. The molecule has 21 heavy (non-hydrogen) atoms. The maximum Gasteiger partial charge on any atom is 0.573 e. The van der Waals surface area contributed by atoms with Crippen molar-refractivity contribution < 1.29 is 17.9 Å². The summed E-state index contributed by atoms with van der Waals surface area (Å²) in [5, 5.41) is 8.71. The fraction of sp³-hybridized carbons (Fsp3) is 0.143. The van der Waals surface area contributed by atoms with Gasteiger partial charge in [0.2, 0.25) is 0 Å². The molecule has 0 atom stereocenters. The first-order valence-electron chi connectivity index (χ1n) is 5.86. The molecule has 0 saturated heterocycles. The van der Waals surface area contributed by atoms with Gasteiger partial charge < -0.3 is 10.5 Å². The van der Waals surface area contributed by atoms with Crippen LogP contribution in [0.3, 0.4) is 0 Å². The quantitative estimate of drug-likeness (QED) is 0.942. The molecule has 2 N–H and O–H groups in total. The van der Waals surface area contributed by atoms with Crippen molar-refractivity contribution in [2.45, 2.75) is 12.8 Å². The lowest BCUT2D eigenvalue weighted by atomic mass is 10.1. The fourth-order valence-corrected chi connectivity index (χ4v) is 1.76. The first-order chi connectivity index (χ1) is 9.89. The third kappa shape index (κ3) is 3.86. The van der Waals surface area contributed by atoms with Gasteiger partial charge in [-0.05, 0) is 23.8 Å². The SMILES string of the molecule is N#CCc1cc(-c2cccc(OC(F)(F)F)c2)ncc1N. The summed E-state index contributed by atoms with van der Waals surface area (Å²) in [5.41, 5.74) is 7.48. The van der Waals surface area contributed by atoms with Gasteiger partial charge in [0.05, 0.1) is 30.1 Å². The zero-order valence-corrected chi connectivity index (χ0v) is 10.7. The maximum atomic E-state index is 12.2. The second-order valence-electron chi connectivity index (χ2n) is 4.18. The molecule has 7 heteroatoms. The molecule has 0 bridgehead atoms. The number of aromatic nitrogens is 1. The molecule has 1 aromatic carbocycles. The first-order valence-corrected chi connectivity index (χ1v) is 5.86. The van der Waals surface area contributed by atoms with Crippen molar-refractivity contribution >= 4 is 5.69 Å². The molecule has 0 amide bonds. The van der Waals surface area contributed by atoms with Crippen LogP contribution in [0.15, 0.2) is 36.5 Å². The maximum absolute atomic E-state index is 12.2. The Morgan fingerprint density at radius 1 is 1.29 bits per heavy atom. The number of nitrogen functional groups attached to an aromatic ring is 1. The van der Waals surface area contributed by atoms with E-state index in [1.54, 1.807) is 12.1 Å². The van der Waals surface area contributed by atoms with E-state index >= 15 is 0 Å². The number of halogens is 3. The summed E-state index contributed by atoms with van der Waals surface area (Å²) in [6.07, 6.45) is -3.28. The largest absolute Gasteiger partial charge is 0.573 e. The molecule has 4 nitrogen and oxygen atoms in total. The summed E-state index contributed by atoms with van der Waals surface area (Å²) in [7, 11) is 0. The summed E-state index contributed by atoms with van der Waals surface area (Å²) < 4.78 is 40.5. The van der Waals surface area contributed by atoms with Crippen molar-refractivity contribution in [3.63, 3.8) is 0 Å². The van der Waals surface area contributed by atoms with Gasteiger partial charge >= 0.3 is 6.36 Å². The number of nitrogens with zero attached hydrogens (tertiary/aromatic N) is 2. The highest BCUT2D eigenvalue weighted by Crippen LogP contribution is 2.28. The summed E-state index contributed by atoms with van der Waals surface area (Å²) in [6.45, 7) is 0. The van der Waals surface area contributed by atoms with E-state index in [1.807, 2.05) is 6.07 Å². The van der Waals surface area contributed by atoms with E-state index in [0.29, 0.717) is 22.5 Å². The molecule has 2 rings (SSSR count). The van der Waals surface area contributed by atoms with Crippen molar-refractivity contribution in [1.29, 1.82) is 5.26 Å². The highest BCUT2D eigenvalue weighted by Gasteiger charge is 2.31. The number of ether oxygens (including phenoxy) is 1. The second kappa shape index (κ2) is 5.71. The average molecular weight is 293 g/mol. The van der Waals surface area contributed by atoms with E-state index in [-0.39, 0.29) is 12.2 Å². The monoisotopic (exact) mass is 293 g/mol. The molecule has 0 spiro atoms. The average Bonchev–Trinajstić information content (AvgIpc) is 2.40. The van der Waals surface area contributed by atoms with Crippen molar-refractivity contribution in [3.05, 3.63) is 42.1 Å². The number of benzene rings is 1. The van der Waals surface area contributed by atoms with E-state index in [9.17, 15) is 13.2 Å². The van der Waals surface area contributed by atoms with Gasteiger partial charge in [-0.15, -0.1) is 13.2 Å². The van der Waals surface area contributed by atoms with Gasteiger partial charge in [0.25, 0.3) is 0 Å². The highest BCUT2D eigenvalue weighted by atomic mass is 19.4. The Hall–Kier alpha value is -2.75. The predicted molar refractivity (Wildman–Crippen MR) is 70.1 cm³/mol. The van der Waals surface area contributed by atoms with E-state index in [0.717, 1.165) is 0 Å². The van der Waals surface area contributed by atoms with Crippen LogP contribution in [0.25, 0.3) is 11.3 Å². The molecular weight excluding hydrogens is 283 g/mol. The number of nitrogens with two attached hydrogens (primary N) is 1. The minimum absolute atomic E-state index is 0.0973. The number of pyridine rings is 1.